The van der Waals surface area contributed by atoms with Crippen LogP contribution >= 0.6 is 0 Å². The van der Waals surface area contributed by atoms with E-state index in [1.54, 1.807) is 30.5 Å². The molecule has 0 spiro atoms. The van der Waals surface area contributed by atoms with Crippen molar-refractivity contribution >= 4 is 52.0 Å². The number of amides is 4. The lowest BCUT2D eigenvalue weighted by Crippen LogP contribution is -2.60. The fraction of sp³-hybridized carbons (Fsp3) is 0.500. The fourth-order valence-electron chi connectivity index (χ4n) is 5.70. The molecule has 0 radical (unpaired) electrons. The van der Waals surface area contributed by atoms with E-state index < -0.39 is 47.4 Å². The van der Waals surface area contributed by atoms with Crippen LogP contribution in [0.2, 0.25) is 0 Å². The number of rotatable bonds is 10. The Balaban J connectivity index is 1.59. The molecule has 0 aliphatic carbocycles. The van der Waals surface area contributed by atoms with E-state index in [1.165, 1.54) is 25.4 Å². The minimum absolute atomic E-state index is 0.249. The van der Waals surface area contributed by atoms with Gasteiger partial charge < -0.3 is 30.7 Å². The summed E-state index contributed by atoms with van der Waals surface area (Å²) in [4.78, 5) is 69.0. The summed E-state index contributed by atoms with van der Waals surface area (Å²) >= 11 is 0. The van der Waals surface area contributed by atoms with Crippen molar-refractivity contribution in [3.63, 3.8) is 0 Å². The molecule has 0 unspecified atom stereocenters. The highest BCUT2D eigenvalue weighted by molar-refractivity contribution is 6.03. The molecule has 4 amide bonds. The first-order chi connectivity index (χ1) is 22.5. The van der Waals surface area contributed by atoms with Gasteiger partial charge in [-0.15, -0.1) is 0 Å². The van der Waals surface area contributed by atoms with Crippen LogP contribution in [0.25, 0.3) is 10.9 Å². The molecule has 14 heteroatoms. The second kappa shape index (κ2) is 14.4. The van der Waals surface area contributed by atoms with E-state index in [9.17, 15) is 24.3 Å². The van der Waals surface area contributed by atoms with Crippen molar-refractivity contribution in [3.8, 4) is 5.75 Å². The van der Waals surface area contributed by atoms with Crippen molar-refractivity contribution < 1.29 is 29.0 Å². The quantitative estimate of drug-likeness (QED) is 0.239. The van der Waals surface area contributed by atoms with Crippen molar-refractivity contribution in [1.82, 2.24) is 30.1 Å². The molecule has 0 bridgehead atoms. The third-order valence-corrected chi connectivity index (χ3v) is 8.24. The number of anilines is 3. The van der Waals surface area contributed by atoms with Gasteiger partial charge in [0.1, 0.15) is 41.8 Å². The Kier molecular flexibility index (Phi) is 10.8. The van der Waals surface area contributed by atoms with Crippen LogP contribution in [-0.2, 0) is 14.4 Å². The molecule has 14 nitrogen and oxygen atoms in total. The van der Waals surface area contributed by atoms with Gasteiger partial charge in [-0.3, -0.25) is 19.3 Å². The molecule has 4 N–H and O–H groups in total. The first-order valence-electron chi connectivity index (χ1n) is 15.9. The Morgan fingerprint density at radius 3 is 2.42 bits per heavy atom. The van der Waals surface area contributed by atoms with E-state index in [0.29, 0.717) is 53.4 Å². The van der Waals surface area contributed by atoms with Gasteiger partial charge in [-0.2, -0.15) is 0 Å². The van der Waals surface area contributed by atoms with E-state index in [2.05, 4.69) is 30.9 Å². The number of carboxylic acid groups (broad SMARTS) is 1. The molecule has 1 aliphatic rings. The number of carbonyl (C=O) groups excluding carboxylic acids is 3. The summed E-state index contributed by atoms with van der Waals surface area (Å²) < 4.78 is 5.59. The van der Waals surface area contributed by atoms with Crippen molar-refractivity contribution in [1.29, 1.82) is 0 Å². The third-order valence-electron chi connectivity index (χ3n) is 8.24. The highest BCUT2D eigenvalue weighted by Crippen LogP contribution is 2.34. The molecule has 1 aliphatic heterocycles. The molecule has 3 heterocycles. The maximum atomic E-state index is 14.2. The summed E-state index contributed by atoms with van der Waals surface area (Å²) in [6, 6.07) is 6.01. The normalized spacial score (nSPS) is 16.2. The van der Waals surface area contributed by atoms with Gasteiger partial charge in [0.05, 0.1) is 18.3 Å². The van der Waals surface area contributed by atoms with Crippen LogP contribution in [0.15, 0.2) is 42.9 Å². The maximum absolute atomic E-state index is 14.2. The van der Waals surface area contributed by atoms with Gasteiger partial charge in [0.15, 0.2) is 0 Å². The maximum Gasteiger partial charge on any atom is 0.407 e. The average molecular weight is 663 g/mol. The summed E-state index contributed by atoms with van der Waals surface area (Å²) in [7, 11) is 2.83. The smallest absolute Gasteiger partial charge is 0.407 e. The number of aromatic nitrogens is 3. The van der Waals surface area contributed by atoms with Crippen LogP contribution in [0.1, 0.15) is 60.8 Å². The summed E-state index contributed by atoms with van der Waals surface area (Å²) in [5.74, 6) is 0.0462. The van der Waals surface area contributed by atoms with Crippen molar-refractivity contribution in [2.45, 2.75) is 78.9 Å². The summed E-state index contributed by atoms with van der Waals surface area (Å²) in [5, 5.41) is 19.3. The van der Waals surface area contributed by atoms with Crippen LogP contribution in [0.5, 0.6) is 5.75 Å². The number of fused-ring (bicyclic) bond motifs is 1. The van der Waals surface area contributed by atoms with Crippen LogP contribution in [-0.4, -0.2) is 92.5 Å². The van der Waals surface area contributed by atoms with E-state index in [0.717, 1.165) is 4.90 Å². The topological polar surface area (TPSA) is 179 Å². The van der Waals surface area contributed by atoms with Crippen LogP contribution in [0.3, 0.4) is 0 Å². The number of hydrogen-bond acceptors (Lipinski definition) is 9. The summed E-state index contributed by atoms with van der Waals surface area (Å²) in [5.41, 5.74) is -0.159. The zero-order chi connectivity index (χ0) is 35.4. The van der Waals surface area contributed by atoms with Crippen molar-refractivity contribution in [2.75, 3.05) is 31.3 Å². The number of pyridine rings is 1. The molecule has 3 aromatic rings. The Morgan fingerprint density at radius 2 is 1.81 bits per heavy atom. The number of nitrogens with one attached hydrogen (secondary N) is 3. The number of carbonyl (C=O) groups is 4. The number of methoxy groups -OCH3 is 1. The lowest BCUT2D eigenvalue weighted by molar-refractivity contribution is -0.143. The Bertz CT molecular complexity index is 1650. The minimum atomic E-state index is -1.25. The lowest BCUT2D eigenvalue weighted by atomic mass is 9.84. The molecule has 1 fully saturated rings. The largest absolute Gasteiger partial charge is 0.494 e. The van der Waals surface area contributed by atoms with Gasteiger partial charge >= 0.3 is 6.09 Å². The second-order valence-corrected chi connectivity index (χ2v) is 14.3. The van der Waals surface area contributed by atoms with Crippen molar-refractivity contribution in [2.24, 2.45) is 10.8 Å². The summed E-state index contributed by atoms with van der Waals surface area (Å²) in [6.45, 7) is 11.5. The van der Waals surface area contributed by atoms with Crippen molar-refractivity contribution in [3.05, 3.63) is 42.9 Å². The molecule has 0 saturated carbocycles. The first kappa shape index (κ1) is 35.8. The lowest BCUT2D eigenvalue weighted by Gasteiger charge is -2.37. The standard InChI is InChI=1S/C34H46N8O6/c1-33(2,3)18-24(41(7)32(46)47)30(44)40-27(34(4,5)6)31(45)42-15-11-12-23(42)29(43)38-22-16-20-21(17-25(22)48-8)36-19-37-28(20)39-26-13-9-10-14-35-26/h9-10,13-14,16-17,19,23-24,27H,11-12,15,18H2,1-8H3,(H,38,43)(H,40,44)(H,46,47)(H,35,36,37,39)/t23-,24-,27+/m0/s1. The summed E-state index contributed by atoms with van der Waals surface area (Å²) in [6.07, 6.45) is 3.09. The fourth-order valence-corrected chi connectivity index (χ4v) is 5.70. The van der Waals surface area contributed by atoms with Gasteiger partial charge in [-0.25, -0.2) is 19.7 Å². The zero-order valence-electron chi connectivity index (χ0n) is 28.8. The number of ether oxygens (including phenoxy) is 1. The highest BCUT2D eigenvalue weighted by atomic mass is 16.5. The number of likely N-dealkylation sites (tertiary alicyclic amines) is 1. The van der Waals surface area contributed by atoms with Crippen LogP contribution in [0, 0.1) is 10.8 Å². The predicted molar refractivity (Wildman–Crippen MR) is 182 cm³/mol. The molecule has 1 saturated heterocycles. The zero-order valence-corrected chi connectivity index (χ0v) is 28.8. The monoisotopic (exact) mass is 662 g/mol. The van der Waals surface area contributed by atoms with Gasteiger partial charge in [0, 0.05) is 31.2 Å². The molecular formula is C34H46N8O6. The third kappa shape index (κ3) is 8.47. The van der Waals surface area contributed by atoms with E-state index in [4.69, 9.17) is 4.74 Å². The Morgan fingerprint density at radius 1 is 1.08 bits per heavy atom. The van der Waals surface area contributed by atoms with Gasteiger partial charge in [-0.1, -0.05) is 47.6 Å². The number of hydrogen-bond donors (Lipinski definition) is 4. The SMILES string of the molecule is COc1cc2ncnc(Nc3ccccn3)c2cc1NC(=O)[C@@H]1CCCN1C(=O)[C@@H](NC(=O)[C@H](CC(C)(C)C)N(C)C(=O)O)C(C)(C)C. The first-order valence-corrected chi connectivity index (χ1v) is 15.9. The molecule has 4 rings (SSSR count). The number of likely N-dealkylation sites (N-methyl/N-ethyl adjacent to an activating group) is 1. The Hall–Kier alpha value is -5.01. The number of benzene rings is 1. The molecule has 258 valence electrons. The highest BCUT2D eigenvalue weighted by Gasteiger charge is 2.43. The predicted octanol–water partition coefficient (Wildman–Crippen LogP) is 4.65. The van der Waals surface area contributed by atoms with E-state index in [-0.39, 0.29) is 11.8 Å². The molecule has 1 aromatic carbocycles. The average Bonchev–Trinajstić information content (AvgIpc) is 3.51. The Labute approximate surface area is 280 Å². The minimum Gasteiger partial charge on any atom is -0.494 e. The number of nitrogens with zero attached hydrogens (tertiary/aromatic N) is 5. The van der Waals surface area contributed by atoms with Gasteiger partial charge in [0.25, 0.3) is 0 Å². The van der Waals surface area contributed by atoms with Gasteiger partial charge in [-0.05, 0) is 48.3 Å². The molecule has 2 aromatic heterocycles. The molecule has 3 atom stereocenters. The van der Waals surface area contributed by atoms with Gasteiger partial charge in [0.2, 0.25) is 17.7 Å². The van der Waals surface area contributed by atoms with E-state index in [1.807, 2.05) is 47.6 Å². The molecule has 48 heavy (non-hydrogen) atoms. The second-order valence-electron chi connectivity index (χ2n) is 14.3. The van der Waals surface area contributed by atoms with Crippen LogP contribution in [0.4, 0.5) is 22.1 Å². The molecular weight excluding hydrogens is 616 g/mol. The van der Waals surface area contributed by atoms with E-state index >= 15 is 0 Å². The van der Waals surface area contributed by atoms with Crippen LogP contribution < -0.4 is 20.7 Å².